The van der Waals surface area contributed by atoms with Gasteiger partial charge in [0.25, 0.3) is 5.91 Å². The molecule has 8 nitrogen and oxygen atoms in total. The lowest BCUT2D eigenvalue weighted by atomic mass is 10.2. The number of hydrogen-bond acceptors (Lipinski definition) is 7. The molecule has 0 N–H and O–H groups in total. The highest BCUT2D eigenvalue weighted by Gasteiger charge is 2.22. The standard InChI is InChI=1S/C19H25N7O/c27-18(25-8-3-1-2-4-9-25)16-14-23-17(15-22-16)24-10-12-26(13-11-24)19-20-6-5-7-21-19/h5-7,14-15H,1-4,8-13H2. The van der Waals surface area contributed by atoms with E-state index >= 15 is 0 Å². The number of nitrogens with zero attached hydrogens (tertiary/aromatic N) is 7. The number of likely N-dealkylation sites (tertiary alicyclic amines) is 1. The lowest BCUT2D eigenvalue weighted by Crippen LogP contribution is -2.47. The smallest absolute Gasteiger partial charge is 0.274 e. The zero-order valence-electron chi connectivity index (χ0n) is 15.5. The van der Waals surface area contributed by atoms with Gasteiger partial charge in [0.2, 0.25) is 5.95 Å². The summed E-state index contributed by atoms with van der Waals surface area (Å²) >= 11 is 0. The predicted octanol–water partition coefficient (Wildman–Crippen LogP) is 1.61. The number of piperazine rings is 1. The second-order valence-electron chi connectivity index (χ2n) is 6.99. The lowest BCUT2D eigenvalue weighted by Gasteiger charge is -2.35. The van der Waals surface area contributed by atoms with E-state index in [2.05, 4.69) is 29.7 Å². The molecule has 0 aromatic carbocycles. The number of carbonyl (C=O) groups is 1. The Hall–Kier alpha value is -2.77. The van der Waals surface area contributed by atoms with Crippen LogP contribution in [-0.2, 0) is 0 Å². The quantitative estimate of drug-likeness (QED) is 0.815. The van der Waals surface area contributed by atoms with Crippen LogP contribution in [0.15, 0.2) is 30.9 Å². The molecule has 2 aromatic heterocycles. The van der Waals surface area contributed by atoms with Crippen molar-refractivity contribution in [3.63, 3.8) is 0 Å². The zero-order chi connectivity index (χ0) is 18.5. The van der Waals surface area contributed by atoms with Gasteiger partial charge >= 0.3 is 0 Å². The Kier molecular flexibility index (Phi) is 5.41. The Balaban J connectivity index is 1.36. The highest BCUT2D eigenvalue weighted by atomic mass is 16.2. The second-order valence-corrected chi connectivity index (χ2v) is 6.99. The number of anilines is 2. The van der Waals surface area contributed by atoms with Crippen molar-refractivity contribution < 1.29 is 4.79 Å². The van der Waals surface area contributed by atoms with Crippen molar-refractivity contribution in [3.8, 4) is 0 Å². The highest BCUT2D eigenvalue weighted by Crippen LogP contribution is 2.16. The Labute approximate surface area is 159 Å². The topological polar surface area (TPSA) is 78.4 Å². The van der Waals surface area contributed by atoms with E-state index in [1.165, 1.54) is 12.8 Å². The van der Waals surface area contributed by atoms with Crippen LogP contribution in [0.25, 0.3) is 0 Å². The SMILES string of the molecule is O=C(c1cnc(N2CCN(c3ncccn3)CC2)cn1)N1CCCCCC1. The summed E-state index contributed by atoms with van der Waals surface area (Å²) < 4.78 is 0. The third kappa shape index (κ3) is 4.15. The molecule has 2 aliphatic rings. The van der Waals surface area contributed by atoms with Crippen LogP contribution in [-0.4, -0.2) is 70.0 Å². The number of amides is 1. The molecule has 0 atom stereocenters. The predicted molar refractivity (Wildman–Crippen MR) is 103 cm³/mol. The van der Waals surface area contributed by atoms with Crippen molar-refractivity contribution in [1.29, 1.82) is 0 Å². The Bertz CT molecular complexity index is 736. The lowest BCUT2D eigenvalue weighted by molar-refractivity contribution is 0.0755. The summed E-state index contributed by atoms with van der Waals surface area (Å²) in [4.78, 5) is 36.4. The van der Waals surface area contributed by atoms with Gasteiger partial charge in [0, 0.05) is 51.7 Å². The minimum Gasteiger partial charge on any atom is -0.352 e. The minimum absolute atomic E-state index is 0.00185. The summed E-state index contributed by atoms with van der Waals surface area (Å²) in [5.74, 6) is 1.58. The maximum absolute atomic E-state index is 12.6. The Morgan fingerprint density at radius 1 is 0.741 bits per heavy atom. The first-order chi connectivity index (χ1) is 13.3. The molecule has 0 spiro atoms. The molecule has 2 aliphatic heterocycles. The third-order valence-corrected chi connectivity index (χ3v) is 5.19. The molecule has 0 aliphatic carbocycles. The van der Waals surface area contributed by atoms with Crippen molar-refractivity contribution in [1.82, 2.24) is 24.8 Å². The van der Waals surface area contributed by atoms with Crippen LogP contribution in [0.4, 0.5) is 11.8 Å². The first kappa shape index (κ1) is 17.6. The van der Waals surface area contributed by atoms with Crippen molar-refractivity contribution in [2.75, 3.05) is 49.1 Å². The molecule has 8 heteroatoms. The molecule has 142 valence electrons. The van der Waals surface area contributed by atoms with Crippen LogP contribution in [0.5, 0.6) is 0 Å². The van der Waals surface area contributed by atoms with E-state index in [1.807, 2.05) is 11.0 Å². The van der Waals surface area contributed by atoms with E-state index in [4.69, 9.17) is 0 Å². The fourth-order valence-corrected chi connectivity index (χ4v) is 3.62. The molecule has 1 amide bonds. The van der Waals surface area contributed by atoms with E-state index in [-0.39, 0.29) is 5.91 Å². The summed E-state index contributed by atoms with van der Waals surface area (Å²) in [5.41, 5.74) is 0.442. The van der Waals surface area contributed by atoms with Crippen molar-refractivity contribution in [3.05, 3.63) is 36.5 Å². The normalized spacial score (nSPS) is 18.3. The Morgan fingerprint density at radius 2 is 1.41 bits per heavy atom. The molecule has 0 saturated carbocycles. The summed E-state index contributed by atoms with van der Waals surface area (Å²) in [6, 6.07) is 1.82. The van der Waals surface area contributed by atoms with E-state index in [1.54, 1.807) is 24.8 Å². The second kappa shape index (κ2) is 8.28. The van der Waals surface area contributed by atoms with E-state index in [0.717, 1.165) is 63.9 Å². The molecule has 4 rings (SSSR count). The van der Waals surface area contributed by atoms with E-state index in [0.29, 0.717) is 5.69 Å². The van der Waals surface area contributed by atoms with Gasteiger partial charge in [0.15, 0.2) is 0 Å². The molecule has 2 fully saturated rings. The monoisotopic (exact) mass is 367 g/mol. The maximum Gasteiger partial charge on any atom is 0.274 e. The van der Waals surface area contributed by atoms with Crippen LogP contribution in [0, 0.1) is 0 Å². The van der Waals surface area contributed by atoms with Gasteiger partial charge < -0.3 is 14.7 Å². The number of carbonyl (C=O) groups excluding carboxylic acids is 1. The van der Waals surface area contributed by atoms with Gasteiger partial charge in [-0.05, 0) is 18.9 Å². The Morgan fingerprint density at radius 3 is 2.04 bits per heavy atom. The number of aromatic nitrogens is 4. The van der Waals surface area contributed by atoms with Gasteiger partial charge in [-0.25, -0.2) is 19.9 Å². The van der Waals surface area contributed by atoms with Gasteiger partial charge in [-0.2, -0.15) is 0 Å². The van der Waals surface area contributed by atoms with Crippen LogP contribution in [0.3, 0.4) is 0 Å². The van der Waals surface area contributed by atoms with Gasteiger partial charge in [-0.15, -0.1) is 0 Å². The van der Waals surface area contributed by atoms with Gasteiger partial charge in [-0.3, -0.25) is 4.79 Å². The molecular weight excluding hydrogens is 342 g/mol. The summed E-state index contributed by atoms with van der Waals surface area (Å²) in [7, 11) is 0. The first-order valence-electron chi connectivity index (χ1n) is 9.69. The molecule has 27 heavy (non-hydrogen) atoms. The zero-order valence-corrected chi connectivity index (χ0v) is 15.5. The highest BCUT2D eigenvalue weighted by molar-refractivity contribution is 5.92. The maximum atomic E-state index is 12.6. The molecule has 2 aromatic rings. The molecule has 4 heterocycles. The fraction of sp³-hybridized carbons (Fsp3) is 0.526. The van der Waals surface area contributed by atoms with E-state index < -0.39 is 0 Å². The summed E-state index contributed by atoms with van der Waals surface area (Å²) in [6.45, 7) is 4.97. The van der Waals surface area contributed by atoms with Gasteiger partial charge in [0.1, 0.15) is 11.5 Å². The molecule has 0 radical (unpaired) electrons. The molecular formula is C19H25N7O. The van der Waals surface area contributed by atoms with Crippen molar-refractivity contribution >= 4 is 17.7 Å². The summed E-state index contributed by atoms with van der Waals surface area (Å²) in [5, 5.41) is 0. The van der Waals surface area contributed by atoms with Crippen LogP contribution in [0.2, 0.25) is 0 Å². The largest absolute Gasteiger partial charge is 0.352 e. The van der Waals surface area contributed by atoms with Gasteiger partial charge in [0.05, 0.1) is 12.4 Å². The van der Waals surface area contributed by atoms with Crippen LogP contribution < -0.4 is 9.80 Å². The number of hydrogen-bond donors (Lipinski definition) is 0. The van der Waals surface area contributed by atoms with Crippen LogP contribution in [0.1, 0.15) is 36.2 Å². The fourth-order valence-electron chi connectivity index (χ4n) is 3.62. The number of rotatable bonds is 3. The van der Waals surface area contributed by atoms with E-state index in [9.17, 15) is 4.79 Å². The molecule has 2 saturated heterocycles. The average Bonchev–Trinajstić information content (AvgIpc) is 3.04. The molecule has 0 bridgehead atoms. The van der Waals surface area contributed by atoms with Crippen molar-refractivity contribution in [2.45, 2.75) is 25.7 Å². The average molecular weight is 367 g/mol. The first-order valence-corrected chi connectivity index (χ1v) is 9.69. The van der Waals surface area contributed by atoms with Crippen LogP contribution >= 0.6 is 0 Å². The molecule has 0 unspecified atom stereocenters. The minimum atomic E-state index is 0.00185. The van der Waals surface area contributed by atoms with Crippen molar-refractivity contribution in [2.24, 2.45) is 0 Å². The third-order valence-electron chi connectivity index (χ3n) is 5.19. The summed E-state index contributed by atoms with van der Waals surface area (Å²) in [6.07, 6.45) is 11.4. The van der Waals surface area contributed by atoms with Gasteiger partial charge in [-0.1, -0.05) is 12.8 Å².